The number of hydrogen-bond acceptors (Lipinski definition) is 7. The highest BCUT2D eigenvalue weighted by atomic mass is 19.1. The number of nitriles is 1. The van der Waals surface area contributed by atoms with Gasteiger partial charge in [0.05, 0.1) is 24.0 Å². The minimum absolute atomic E-state index is 0.0807. The molecular formula is C22H22FN7O2. The molecule has 0 aliphatic heterocycles. The van der Waals surface area contributed by atoms with Crippen LogP contribution in [-0.4, -0.2) is 45.5 Å². The molecule has 164 valence electrons. The van der Waals surface area contributed by atoms with Gasteiger partial charge in [-0.05, 0) is 24.3 Å². The summed E-state index contributed by atoms with van der Waals surface area (Å²) in [5, 5.41) is 16.5. The first-order valence-electron chi connectivity index (χ1n) is 9.72. The Bertz CT molecular complexity index is 1190. The van der Waals surface area contributed by atoms with Gasteiger partial charge in [-0.25, -0.2) is 14.4 Å². The summed E-state index contributed by atoms with van der Waals surface area (Å²) in [5.74, 6) is 0.0305. The van der Waals surface area contributed by atoms with Crippen molar-refractivity contribution in [3.8, 4) is 11.9 Å². The molecule has 0 fully saturated rings. The third-order valence-corrected chi connectivity index (χ3v) is 4.57. The molecule has 9 nitrogen and oxygen atoms in total. The lowest BCUT2D eigenvalue weighted by atomic mass is 9.92. The monoisotopic (exact) mass is 435 g/mol. The van der Waals surface area contributed by atoms with E-state index >= 15 is 0 Å². The van der Waals surface area contributed by atoms with Gasteiger partial charge in [0.1, 0.15) is 29.2 Å². The lowest BCUT2D eigenvalue weighted by Crippen LogP contribution is -2.31. The van der Waals surface area contributed by atoms with Gasteiger partial charge in [-0.3, -0.25) is 9.59 Å². The summed E-state index contributed by atoms with van der Waals surface area (Å²) in [6, 6.07) is 9.28. The molecule has 3 aromatic rings. The fraction of sp³-hybridized carbons (Fsp3) is 0.273. The fourth-order valence-corrected chi connectivity index (χ4v) is 2.88. The SMILES string of the molecule is CN(CC(=O)Nc1ccc(F)cn1)c1cc(C(C)(C)C)nn1-c1nc(C#N)ccc1C=O. The molecule has 0 aromatic carbocycles. The topological polar surface area (TPSA) is 117 Å². The van der Waals surface area contributed by atoms with Gasteiger partial charge in [0.25, 0.3) is 0 Å². The zero-order chi connectivity index (χ0) is 23.5. The van der Waals surface area contributed by atoms with Crippen molar-refractivity contribution in [3.63, 3.8) is 0 Å². The van der Waals surface area contributed by atoms with E-state index in [1.165, 1.54) is 28.9 Å². The highest BCUT2D eigenvalue weighted by molar-refractivity contribution is 5.93. The summed E-state index contributed by atoms with van der Waals surface area (Å²) < 4.78 is 14.5. The number of aldehydes is 1. The Morgan fingerprint density at radius 2 is 2.06 bits per heavy atom. The molecule has 3 aromatic heterocycles. The Balaban J connectivity index is 1.97. The molecule has 1 amide bonds. The maximum absolute atomic E-state index is 13.0. The second-order valence-electron chi connectivity index (χ2n) is 8.15. The molecule has 0 aliphatic carbocycles. The van der Waals surface area contributed by atoms with E-state index in [9.17, 15) is 19.2 Å². The Hall–Kier alpha value is -4.13. The molecule has 0 spiro atoms. The van der Waals surface area contributed by atoms with E-state index in [-0.39, 0.29) is 40.8 Å². The average Bonchev–Trinajstić information content (AvgIpc) is 3.21. The molecule has 1 N–H and O–H groups in total. The van der Waals surface area contributed by atoms with Crippen LogP contribution in [0.4, 0.5) is 16.0 Å². The summed E-state index contributed by atoms with van der Waals surface area (Å²) in [6.45, 7) is 5.87. The normalized spacial score (nSPS) is 11.0. The summed E-state index contributed by atoms with van der Waals surface area (Å²) in [5.41, 5.74) is 0.769. The van der Waals surface area contributed by atoms with Gasteiger partial charge in [-0.2, -0.15) is 15.0 Å². The Morgan fingerprint density at radius 1 is 1.31 bits per heavy atom. The van der Waals surface area contributed by atoms with E-state index in [0.717, 1.165) is 6.20 Å². The minimum Gasteiger partial charge on any atom is -0.350 e. The van der Waals surface area contributed by atoms with E-state index in [0.29, 0.717) is 17.8 Å². The molecular weight excluding hydrogens is 413 g/mol. The predicted molar refractivity (Wildman–Crippen MR) is 116 cm³/mol. The zero-order valence-electron chi connectivity index (χ0n) is 18.1. The largest absolute Gasteiger partial charge is 0.350 e. The number of amides is 1. The van der Waals surface area contributed by atoms with Gasteiger partial charge in [-0.1, -0.05) is 20.8 Å². The van der Waals surface area contributed by atoms with Crippen molar-refractivity contribution < 1.29 is 14.0 Å². The molecule has 3 rings (SSSR count). The van der Waals surface area contributed by atoms with Gasteiger partial charge >= 0.3 is 0 Å². The number of aromatic nitrogens is 4. The van der Waals surface area contributed by atoms with Crippen LogP contribution >= 0.6 is 0 Å². The van der Waals surface area contributed by atoms with E-state index < -0.39 is 5.82 Å². The predicted octanol–water partition coefficient (Wildman–Crippen LogP) is 2.86. The Morgan fingerprint density at radius 3 is 2.66 bits per heavy atom. The number of hydrogen-bond donors (Lipinski definition) is 1. The van der Waals surface area contributed by atoms with Crippen LogP contribution in [-0.2, 0) is 10.2 Å². The van der Waals surface area contributed by atoms with Gasteiger partial charge in [0.2, 0.25) is 5.91 Å². The van der Waals surface area contributed by atoms with Crippen molar-refractivity contribution in [2.45, 2.75) is 26.2 Å². The Kier molecular flexibility index (Phi) is 6.30. The van der Waals surface area contributed by atoms with Crippen LogP contribution in [0.25, 0.3) is 5.82 Å². The van der Waals surface area contributed by atoms with Gasteiger partial charge in [-0.15, -0.1) is 0 Å². The van der Waals surface area contributed by atoms with E-state index in [2.05, 4.69) is 20.4 Å². The first-order valence-corrected chi connectivity index (χ1v) is 9.72. The number of anilines is 2. The van der Waals surface area contributed by atoms with E-state index in [4.69, 9.17) is 0 Å². The van der Waals surface area contributed by atoms with Gasteiger partial charge in [0.15, 0.2) is 12.1 Å². The van der Waals surface area contributed by atoms with Crippen molar-refractivity contribution in [2.75, 3.05) is 23.8 Å². The molecule has 0 aliphatic rings. The van der Waals surface area contributed by atoms with Gasteiger partial charge in [0, 0.05) is 18.5 Å². The molecule has 0 atom stereocenters. The highest BCUT2D eigenvalue weighted by Crippen LogP contribution is 2.28. The van der Waals surface area contributed by atoms with E-state index in [1.807, 2.05) is 26.8 Å². The minimum atomic E-state index is -0.503. The summed E-state index contributed by atoms with van der Waals surface area (Å²) in [7, 11) is 1.69. The number of rotatable bonds is 6. The van der Waals surface area contributed by atoms with Crippen molar-refractivity contribution in [1.82, 2.24) is 19.7 Å². The van der Waals surface area contributed by atoms with Crippen LogP contribution in [0.1, 0.15) is 42.5 Å². The van der Waals surface area contributed by atoms with Crippen LogP contribution in [0.2, 0.25) is 0 Å². The van der Waals surface area contributed by atoms with Crippen LogP contribution in [0, 0.1) is 17.1 Å². The summed E-state index contributed by atoms with van der Waals surface area (Å²) in [6.07, 6.45) is 1.65. The number of nitrogens with one attached hydrogen (secondary N) is 1. The highest BCUT2D eigenvalue weighted by Gasteiger charge is 2.24. The van der Waals surface area contributed by atoms with Crippen molar-refractivity contribution in [2.24, 2.45) is 0 Å². The number of halogens is 1. The fourth-order valence-electron chi connectivity index (χ4n) is 2.88. The lowest BCUT2D eigenvalue weighted by Gasteiger charge is -2.19. The molecule has 0 bridgehead atoms. The number of carbonyl (C=O) groups is 2. The molecule has 32 heavy (non-hydrogen) atoms. The second-order valence-corrected chi connectivity index (χ2v) is 8.15. The Labute approximate surface area is 184 Å². The number of likely N-dealkylation sites (N-methyl/N-ethyl adjacent to an activating group) is 1. The van der Waals surface area contributed by atoms with Crippen LogP contribution in [0.3, 0.4) is 0 Å². The van der Waals surface area contributed by atoms with Gasteiger partial charge < -0.3 is 10.2 Å². The maximum Gasteiger partial charge on any atom is 0.245 e. The average molecular weight is 435 g/mol. The number of nitrogens with zero attached hydrogens (tertiary/aromatic N) is 6. The quantitative estimate of drug-likeness (QED) is 0.592. The molecule has 3 heterocycles. The third-order valence-electron chi connectivity index (χ3n) is 4.57. The molecule has 10 heteroatoms. The lowest BCUT2D eigenvalue weighted by molar-refractivity contribution is -0.115. The molecule has 0 saturated carbocycles. The number of carbonyl (C=O) groups excluding carboxylic acids is 2. The summed E-state index contributed by atoms with van der Waals surface area (Å²) in [4.78, 5) is 33.9. The summed E-state index contributed by atoms with van der Waals surface area (Å²) >= 11 is 0. The standard InChI is InChI=1S/C22H22FN7O2/c1-22(2,3)17-9-20(29(4)12-19(32)27-18-8-6-15(23)11-25-18)30(28-17)21-14(13-31)5-7-16(10-24)26-21/h5-9,11,13H,12H2,1-4H3,(H,25,27,32). The number of pyridine rings is 2. The zero-order valence-corrected chi connectivity index (χ0v) is 18.1. The first-order chi connectivity index (χ1) is 15.1. The molecule has 0 saturated heterocycles. The maximum atomic E-state index is 13.0. The van der Waals surface area contributed by atoms with Crippen molar-refractivity contribution in [1.29, 1.82) is 5.26 Å². The second kappa shape index (κ2) is 8.93. The third kappa shape index (κ3) is 4.95. The van der Waals surface area contributed by atoms with Crippen molar-refractivity contribution in [3.05, 3.63) is 59.3 Å². The van der Waals surface area contributed by atoms with E-state index in [1.54, 1.807) is 18.0 Å². The van der Waals surface area contributed by atoms with Crippen LogP contribution < -0.4 is 10.2 Å². The first kappa shape index (κ1) is 22.6. The molecule has 0 radical (unpaired) electrons. The van der Waals surface area contributed by atoms with Crippen LogP contribution in [0.5, 0.6) is 0 Å². The van der Waals surface area contributed by atoms with Crippen molar-refractivity contribution >= 4 is 23.8 Å². The smallest absolute Gasteiger partial charge is 0.245 e. The van der Waals surface area contributed by atoms with Crippen LogP contribution in [0.15, 0.2) is 36.5 Å². The molecule has 0 unspecified atom stereocenters.